The Kier molecular flexibility index (Phi) is 6.90. The molecule has 0 radical (unpaired) electrons. The normalized spacial score (nSPS) is 17.9. The highest BCUT2D eigenvalue weighted by atomic mass is 16.5. The molecule has 178 valence electrons. The van der Waals surface area contributed by atoms with E-state index in [1.165, 1.54) is 18.6 Å². The molecule has 1 aromatic carbocycles. The molecule has 9 heteroatoms. The van der Waals surface area contributed by atoms with Gasteiger partial charge in [-0.3, -0.25) is 19.0 Å². The number of amides is 1. The van der Waals surface area contributed by atoms with Crippen LogP contribution in [0, 0.1) is 11.8 Å². The number of carbonyl (C=O) groups is 2. The van der Waals surface area contributed by atoms with Crippen molar-refractivity contribution in [2.45, 2.75) is 38.8 Å². The van der Waals surface area contributed by atoms with Crippen LogP contribution in [-0.4, -0.2) is 50.6 Å². The summed E-state index contributed by atoms with van der Waals surface area (Å²) in [5.74, 6) is -0.361. The molecular weight excluding hydrogens is 436 g/mol. The van der Waals surface area contributed by atoms with Crippen molar-refractivity contribution < 1.29 is 19.4 Å². The van der Waals surface area contributed by atoms with Crippen LogP contribution in [-0.2, 0) is 17.9 Å². The number of aliphatic carboxylic acids is 1. The number of pyridine rings is 1. The average Bonchev–Trinajstić information content (AvgIpc) is 2.86. The van der Waals surface area contributed by atoms with Crippen LogP contribution in [0.4, 0.5) is 0 Å². The third-order valence-electron chi connectivity index (χ3n) is 6.51. The Balaban J connectivity index is 1.49. The van der Waals surface area contributed by atoms with Crippen molar-refractivity contribution in [3.05, 3.63) is 64.5 Å². The average molecular weight is 465 g/mol. The Labute approximate surface area is 197 Å². The maximum atomic E-state index is 13.1. The first-order valence-electron chi connectivity index (χ1n) is 11.3. The fourth-order valence-electron chi connectivity index (χ4n) is 4.45. The Bertz CT molecular complexity index is 1250. The summed E-state index contributed by atoms with van der Waals surface area (Å²) in [6.07, 6.45) is 5.73. The van der Waals surface area contributed by atoms with Crippen LogP contribution in [0.3, 0.4) is 0 Å². The minimum absolute atomic E-state index is 0.183. The highest BCUT2D eigenvalue weighted by molar-refractivity contribution is 5.95. The lowest BCUT2D eigenvalue weighted by Crippen LogP contribution is -2.29. The number of hydrogen-bond donors (Lipinski definition) is 1. The van der Waals surface area contributed by atoms with E-state index in [-0.39, 0.29) is 29.0 Å². The molecule has 2 heterocycles. The predicted octanol–water partition coefficient (Wildman–Crippen LogP) is 2.96. The molecule has 0 spiro atoms. The summed E-state index contributed by atoms with van der Waals surface area (Å²) >= 11 is 0. The maximum Gasteiger partial charge on any atom is 0.306 e. The van der Waals surface area contributed by atoms with Crippen LogP contribution < -0.4 is 10.3 Å². The van der Waals surface area contributed by atoms with Crippen molar-refractivity contribution in [1.29, 1.82) is 0 Å². The van der Waals surface area contributed by atoms with Gasteiger partial charge >= 0.3 is 5.97 Å². The number of carboxylic acids is 1. The Morgan fingerprint density at radius 1 is 1.15 bits per heavy atom. The summed E-state index contributed by atoms with van der Waals surface area (Å²) in [6.45, 7) is 0.871. The standard InChI is InChI=1S/C25H28N4O5/c1-28(13-16-5-9-19(34-2)10-6-16)24(31)21-11-20-22(12-26-21)27-15-29(23(20)30)14-17-3-7-18(8-4-17)25(32)33/h5-6,9-12,15,17-18H,3-4,7-8,13-14H2,1-2H3,(H,32,33). The van der Waals surface area contributed by atoms with Crippen molar-refractivity contribution in [3.8, 4) is 5.75 Å². The highest BCUT2D eigenvalue weighted by Crippen LogP contribution is 2.29. The summed E-state index contributed by atoms with van der Waals surface area (Å²) in [5, 5.41) is 9.53. The highest BCUT2D eigenvalue weighted by Gasteiger charge is 2.26. The molecule has 1 saturated carbocycles. The minimum atomic E-state index is -0.746. The maximum absolute atomic E-state index is 13.1. The number of benzene rings is 1. The molecule has 2 aromatic heterocycles. The van der Waals surface area contributed by atoms with Gasteiger partial charge in [-0.2, -0.15) is 0 Å². The minimum Gasteiger partial charge on any atom is -0.497 e. The number of carboxylic acid groups (broad SMARTS) is 1. The van der Waals surface area contributed by atoms with Crippen molar-refractivity contribution in [1.82, 2.24) is 19.4 Å². The summed E-state index contributed by atoms with van der Waals surface area (Å²) in [5.41, 5.74) is 1.34. The summed E-state index contributed by atoms with van der Waals surface area (Å²) in [4.78, 5) is 47.4. The number of carbonyl (C=O) groups excluding carboxylic acids is 1. The molecule has 4 rings (SSSR count). The topological polar surface area (TPSA) is 115 Å². The molecule has 0 unspecified atom stereocenters. The Morgan fingerprint density at radius 3 is 2.50 bits per heavy atom. The molecule has 0 atom stereocenters. The molecule has 0 aliphatic heterocycles. The van der Waals surface area contributed by atoms with Crippen molar-refractivity contribution in [2.75, 3.05) is 14.2 Å². The van der Waals surface area contributed by atoms with Gasteiger partial charge in [-0.05, 0) is 55.4 Å². The van der Waals surface area contributed by atoms with Gasteiger partial charge in [0, 0.05) is 20.1 Å². The van der Waals surface area contributed by atoms with Gasteiger partial charge in [-0.25, -0.2) is 9.97 Å². The monoisotopic (exact) mass is 464 g/mol. The molecule has 34 heavy (non-hydrogen) atoms. The second-order valence-electron chi connectivity index (χ2n) is 8.85. The second-order valence-corrected chi connectivity index (χ2v) is 8.85. The van der Waals surface area contributed by atoms with E-state index in [4.69, 9.17) is 4.74 Å². The number of nitrogens with zero attached hydrogens (tertiary/aromatic N) is 4. The molecule has 1 aliphatic carbocycles. The number of hydrogen-bond acceptors (Lipinski definition) is 6. The lowest BCUT2D eigenvalue weighted by Gasteiger charge is -2.26. The molecule has 0 saturated heterocycles. The number of ether oxygens (including phenoxy) is 1. The van der Waals surface area contributed by atoms with Gasteiger partial charge < -0.3 is 14.7 Å². The van der Waals surface area contributed by atoms with E-state index in [9.17, 15) is 19.5 Å². The molecule has 9 nitrogen and oxygen atoms in total. The number of methoxy groups -OCH3 is 1. The first-order chi connectivity index (χ1) is 16.4. The van der Waals surface area contributed by atoms with Crippen LogP contribution in [0.25, 0.3) is 10.9 Å². The van der Waals surface area contributed by atoms with E-state index in [0.29, 0.717) is 36.8 Å². The quantitative estimate of drug-likeness (QED) is 0.572. The van der Waals surface area contributed by atoms with Crippen LogP contribution in [0.5, 0.6) is 5.75 Å². The smallest absolute Gasteiger partial charge is 0.306 e. The fraction of sp³-hybridized carbons (Fsp3) is 0.400. The van der Waals surface area contributed by atoms with E-state index >= 15 is 0 Å². The molecule has 0 bridgehead atoms. The second kappa shape index (κ2) is 10.0. The summed E-state index contributed by atoms with van der Waals surface area (Å²) in [7, 11) is 3.29. The van der Waals surface area contributed by atoms with Gasteiger partial charge in [0.25, 0.3) is 11.5 Å². The molecule has 1 amide bonds. The first kappa shape index (κ1) is 23.4. The molecular formula is C25H28N4O5. The van der Waals surface area contributed by atoms with Crippen molar-refractivity contribution in [2.24, 2.45) is 11.8 Å². The van der Waals surface area contributed by atoms with Gasteiger partial charge in [0.15, 0.2) is 0 Å². The van der Waals surface area contributed by atoms with E-state index in [2.05, 4.69) is 9.97 Å². The van der Waals surface area contributed by atoms with Crippen LogP contribution in [0.2, 0.25) is 0 Å². The van der Waals surface area contributed by atoms with Gasteiger partial charge in [-0.1, -0.05) is 12.1 Å². The van der Waals surface area contributed by atoms with Gasteiger partial charge in [0.05, 0.1) is 36.5 Å². The summed E-state index contributed by atoms with van der Waals surface area (Å²) in [6, 6.07) is 8.97. The van der Waals surface area contributed by atoms with Crippen LogP contribution in [0.15, 0.2) is 47.7 Å². The van der Waals surface area contributed by atoms with E-state index < -0.39 is 5.97 Å². The molecule has 1 aliphatic rings. The van der Waals surface area contributed by atoms with Crippen molar-refractivity contribution in [3.63, 3.8) is 0 Å². The zero-order valence-electron chi connectivity index (χ0n) is 19.3. The zero-order chi connectivity index (χ0) is 24.2. The largest absolute Gasteiger partial charge is 0.497 e. The SMILES string of the molecule is COc1ccc(CN(C)C(=O)c2cc3c(=O)n(CC4CCC(C(=O)O)CC4)cnc3cn2)cc1. The van der Waals surface area contributed by atoms with E-state index in [0.717, 1.165) is 24.2 Å². The summed E-state index contributed by atoms with van der Waals surface area (Å²) < 4.78 is 6.72. The first-order valence-corrected chi connectivity index (χ1v) is 11.3. The van der Waals surface area contributed by atoms with E-state index in [1.807, 2.05) is 24.3 Å². The van der Waals surface area contributed by atoms with Gasteiger partial charge in [0.2, 0.25) is 0 Å². The molecule has 1 N–H and O–H groups in total. The van der Waals surface area contributed by atoms with Crippen LogP contribution >= 0.6 is 0 Å². The number of aromatic nitrogens is 3. The fourth-order valence-corrected chi connectivity index (χ4v) is 4.45. The Hall–Kier alpha value is -3.75. The zero-order valence-corrected chi connectivity index (χ0v) is 19.3. The van der Waals surface area contributed by atoms with E-state index in [1.54, 1.807) is 23.6 Å². The van der Waals surface area contributed by atoms with Crippen molar-refractivity contribution >= 4 is 22.8 Å². The number of fused-ring (bicyclic) bond motifs is 1. The molecule has 1 fully saturated rings. The lowest BCUT2D eigenvalue weighted by atomic mass is 9.82. The lowest BCUT2D eigenvalue weighted by molar-refractivity contribution is -0.143. The third-order valence-corrected chi connectivity index (χ3v) is 6.51. The Morgan fingerprint density at radius 2 is 1.85 bits per heavy atom. The number of rotatable bonds is 7. The van der Waals surface area contributed by atoms with Crippen LogP contribution in [0.1, 0.15) is 41.7 Å². The molecule has 3 aromatic rings. The van der Waals surface area contributed by atoms with Gasteiger partial charge in [-0.15, -0.1) is 0 Å². The predicted molar refractivity (Wildman–Crippen MR) is 126 cm³/mol. The third kappa shape index (κ3) is 5.08. The van der Waals surface area contributed by atoms with Gasteiger partial charge in [0.1, 0.15) is 11.4 Å².